The second kappa shape index (κ2) is 7.68. The minimum Gasteiger partial charge on any atom is -0.497 e. The van der Waals surface area contributed by atoms with E-state index in [4.69, 9.17) is 4.74 Å². The van der Waals surface area contributed by atoms with Crippen LogP contribution in [0.3, 0.4) is 0 Å². The quantitative estimate of drug-likeness (QED) is 0.927. The number of hydrogen-bond acceptors (Lipinski definition) is 3. The van der Waals surface area contributed by atoms with Gasteiger partial charge in [-0.2, -0.15) is 0 Å². The van der Waals surface area contributed by atoms with Crippen molar-refractivity contribution in [2.75, 3.05) is 38.6 Å². The van der Waals surface area contributed by atoms with E-state index in [9.17, 15) is 4.79 Å². The van der Waals surface area contributed by atoms with Crippen molar-refractivity contribution in [2.45, 2.75) is 38.1 Å². The Balaban J connectivity index is 1.58. The van der Waals surface area contributed by atoms with Gasteiger partial charge in [-0.25, -0.2) is 4.79 Å². The first-order valence-corrected chi connectivity index (χ1v) is 8.70. The highest BCUT2D eigenvalue weighted by Crippen LogP contribution is 2.22. The van der Waals surface area contributed by atoms with Crippen LogP contribution < -0.4 is 10.1 Å². The number of piperidine rings is 1. The van der Waals surface area contributed by atoms with Crippen LogP contribution in [0, 0.1) is 0 Å². The summed E-state index contributed by atoms with van der Waals surface area (Å²) in [5.74, 6) is 0.758. The van der Waals surface area contributed by atoms with Crippen LogP contribution in [0.4, 0.5) is 10.5 Å². The monoisotopic (exact) mass is 317 g/mol. The van der Waals surface area contributed by atoms with Gasteiger partial charge >= 0.3 is 6.03 Å². The molecule has 1 aromatic carbocycles. The molecule has 0 saturated carbocycles. The average molecular weight is 317 g/mol. The van der Waals surface area contributed by atoms with Gasteiger partial charge in [0.25, 0.3) is 0 Å². The summed E-state index contributed by atoms with van der Waals surface area (Å²) < 4.78 is 5.21. The Hall–Kier alpha value is -1.75. The van der Waals surface area contributed by atoms with Gasteiger partial charge in [-0.05, 0) is 50.9 Å². The third kappa shape index (κ3) is 4.16. The van der Waals surface area contributed by atoms with Gasteiger partial charge in [-0.15, -0.1) is 0 Å². The summed E-state index contributed by atoms with van der Waals surface area (Å²) in [6.07, 6.45) is 6.15. The number of anilines is 1. The SMILES string of the molecule is COc1cccc(NC(=O)N2CCC[C@H]2CN2CCCCC2)c1. The second-order valence-corrected chi connectivity index (χ2v) is 6.51. The maximum Gasteiger partial charge on any atom is 0.322 e. The fraction of sp³-hybridized carbons (Fsp3) is 0.611. The predicted molar refractivity (Wildman–Crippen MR) is 92.0 cm³/mol. The molecule has 2 fully saturated rings. The van der Waals surface area contributed by atoms with Gasteiger partial charge in [0.1, 0.15) is 5.75 Å². The highest BCUT2D eigenvalue weighted by atomic mass is 16.5. The number of hydrogen-bond donors (Lipinski definition) is 1. The Bertz CT molecular complexity index is 529. The van der Waals surface area contributed by atoms with Crippen molar-refractivity contribution in [3.63, 3.8) is 0 Å². The van der Waals surface area contributed by atoms with Gasteiger partial charge in [-0.1, -0.05) is 12.5 Å². The van der Waals surface area contributed by atoms with E-state index in [0.717, 1.165) is 37.4 Å². The Kier molecular flexibility index (Phi) is 5.39. The van der Waals surface area contributed by atoms with Gasteiger partial charge in [-0.3, -0.25) is 0 Å². The van der Waals surface area contributed by atoms with Crippen LogP contribution in [0.1, 0.15) is 32.1 Å². The maximum absolute atomic E-state index is 12.6. The standard InChI is InChI=1S/C18H27N3O2/c1-23-17-9-5-7-15(13-17)19-18(22)21-12-6-8-16(21)14-20-10-3-2-4-11-20/h5,7,9,13,16H,2-4,6,8,10-12,14H2,1H3,(H,19,22)/t16-/m0/s1. The van der Waals surface area contributed by atoms with Crippen molar-refractivity contribution in [3.8, 4) is 5.75 Å². The number of likely N-dealkylation sites (tertiary alicyclic amines) is 2. The number of ether oxygens (including phenoxy) is 1. The molecule has 2 amide bonds. The van der Waals surface area contributed by atoms with Gasteiger partial charge < -0.3 is 19.9 Å². The van der Waals surface area contributed by atoms with E-state index >= 15 is 0 Å². The molecule has 1 aromatic rings. The lowest BCUT2D eigenvalue weighted by Gasteiger charge is -2.33. The van der Waals surface area contributed by atoms with E-state index in [1.807, 2.05) is 29.2 Å². The zero-order valence-corrected chi connectivity index (χ0v) is 14.0. The lowest BCUT2D eigenvalue weighted by atomic mass is 10.1. The van der Waals surface area contributed by atoms with Crippen LogP contribution in [-0.4, -0.2) is 55.2 Å². The summed E-state index contributed by atoms with van der Waals surface area (Å²) in [4.78, 5) is 17.1. The summed E-state index contributed by atoms with van der Waals surface area (Å²) in [5.41, 5.74) is 0.790. The fourth-order valence-electron chi connectivity index (χ4n) is 3.63. The first-order chi connectivity index (χ1) is 11.3. The highest BCUT2D eigenvalue weighted by Gasteiger charge is 2.30. The molecule has 2 heterocycles. The van der Waals surface area contributed by atoms with Crippen LogP contribution in [0.2, 0.25) is 0 Å². The van der Waals surface area contributed by atoms with Crippen molar-refractivity contribution in [1.82, 2.24) is 9.80 Å². The summed E-state index contributed by atoms with van der Waals surface area (Å²) in [6, 6.07) is 7.88. The van der Waals surface area contributed by atoms with E-state index in [2.05, 4.69) is 10.2 Å². The molecule has 5 heteroatoms. The summed E-state index contributed by atoms with van der Waals surface area (Å²) in [6.45, 7) is 4.24. The lowest BCUT2D eigenvalue weighted by Crippen LogP contribution is -2.46. The number of rotatable bonds is 4. The van der Waals surface area contributed by atoms with Crippen molar-refractivity contribution >= 4 is 11.7 Å². The fourth-order valence-corrected chi connectivity index (χ4v) is 3.63. The zero-order chi connectivity index (χ0) is 16.1. The molecule has 0 aromatic heterocycles. The molecule has 126 valence electrons. The minimum absolute atomic E-state index is 0.0118. The average Bonchev–Trinajstić information content (AvgIpc) is 3.04. The van der Waals surface area contributed by atoms with E-state index in [1.54, 1.807) is 7.11 Å². The molecule has 2 aliphatic rings. The number of nitrogens with one attached hydrogen (secondary N) is 1. The molecule has 0 radical (unpaired) electrons. The molecular weight excluding hydrogens is 290 g/mol. The van der Waals surface area contributed by atoms with Gasteiger partial charge in [0.05, 0.1) is 7.11 Å². The van der Waals surface area contributed by atoms with Crippen molar-refractivity contribution in [1.29, 1.82) is 0 Å². The molecule has 1 atom stereocenters. The van der Waals surface area contributed by atoms with Crippen LogP contribution in [-0.2, 0) is 0 Å². The summed E-state index contributed by atoms with van der Waals surface area (Å²) in [5, 5.41) is 3.01. The van der Waals surface area contributed by atoms with Crippen molar-refractivity contribution in [3.05, 3.63) is 24.3 Å². The molecule has 3 rings (SSSR count). The summed E-state index contributed by atoms with van der Waals surface area (Å²) >= 11 is 0. The molecule has 0 aliphatic carbocycles. The number of benzene rings is 1. The summed E-state index contributed by atoms with van der Waals surface area (Å²) in [7, 11) is 1.63. The van der Waals surface area contributed by atoms with Crippen LogP contribution in [0.5, 0.6) is 5.75 Å². The van der Waals surface area contributed by atoms with Crippen LogP contribution in [0.25, 0.3) is 0 Å². The number of urea groups is 1. The van der Waals surface area contributed by atoms with Crippen LogP contribution in [0.15, 0.2) is 24.3 Å². The first-order valence-electron chi connectivity index (χ1n) is 8.70. The number of carbonyl (C=O) groups is 1. The second-order valence-electron chi connectivity index (χ2n) is 6.51. The van der Waals surface area contributed by atoms with E-state index in [-0.39, 0.29) is 6.03 Å². The molecular formula is C18H27N3O2. The van der Waals surface area contributed by atoms with Gasteiger partial charge in [0, 0.05) is 30.9 Å². The molecule has 1 N–H and O–H groups in total. The molecule has 23 heavy (non-hydrogen) atoms. The molecule has 0 bridgehead atoms. The molecule has 2 saturated heterocycles. The minimum atomic E-state index is 0.0118. The van der Waals surface area contributed by atoms with E-state index in [0.29, 0.717) is 6.04 Å². The van der Waals surface area contributed by atoms with Gasteiger partial charge in [0.2, 0.25) is 0 Å². The zero-order valence-electron chi connectivity index (χ0n) is 14.0. The molecule has 5 nitrogen and oxygen atoms in total. The number of nitrogens with zero attached hydrogens (tertiary/aromatic N) is 2. The number of methoxy groups -OCH3 is 1. The molecule has 0 spiro atoms. The smallest absolute Gasteiger partial charge is 0.322 e. The predicted octanol–water partition coefficient (Wildman–Crippen LogP) is 3.18. The Morgan fingerprint density at radius 1 is 1.22 bits per heavy atom. The highest BCUT2D eigenvalue weighted by molar-refractivity contribution is 5.90. The maximum atomic E-state index is 12.6. The van der Waals surface area contributed by atoms with Crippen molar-refractivity contribution < 1.29 is 9.53 Å². The van der Waals surface area contributed by atoms with E-state index in [1.165, 1.54) is 32.4 Å². The van der Waals surface area contributed by atoms with Gasteiger partial charge in [0.15, 0.2) is 0 Å². The van der Waals surface area contributed by atoms with Crippen molar-refractivity contribution in [2.24, 2.45) is 0 Å². The lowest BCUT2D eigenvalue weighted by molar-refractivity contribution is 0.161. The Morgan fingerprint density at radius 2 is 2.04 bits per heavy atom. The number of amides is 2. The molecule has 2 aliphatic heterocycles. The Morgan fingerprint density at radius 3 is 2.83 bits per heavy atom. The third-order valence-electron chi connectivity index (χ3n) is 4.88. The topological polar surface area (TPSA) is 44.8 Å². The van der Waals surface area contributed by atoms with Crippen LogP contribution >= 0.6 is 0 Å². The largest absolute Gasteiger partial charge is 0.497 e. The normalized spacial score (nSPS) is 22.1. The first kappa shape index (κ1) is 16.1. The number of carbonyl (C=O) groups excluding carboxylic acids is 1. The molecule has 0 unspecified atom stereocenters. The Labute approximate surface area is 138 Å². The third-order valence-corrected chi connectivity index (χ3v) is 4.88. The van der Waals surface area contributed by atoms with E-state index < -0.39 is 0 Å².